The Morgan fingerprint density at radius 3 is 2.56 bits per heavy atom. The number of hydrogen-bond donors (Lipinski definition) is 2. The molecule has 0 aromatic heterocycles. The molecule has 0 bridgehead atoms. The average molecular weight is 219 g/mol. The van der Waals surface area contributed by atoms with Crippen LogP contribution in [0.4, 0.5) is 5.69 Å². The number of benzene rings is 1. The van der Waals surface area contributed by atoms with Gasteiger partial charge in [-0.2, -0.15) is 0 Å². The summed E-state index contributed by atoms with van der Waals surface area (Å²) in [5.74, 6) is -0.908. The van der Waals surface area contributed by atoms with Crippen LogP contribution < -0.4 is 5.32 Å². The fourth-order valence-electron chi connectivity index (χ4n) is 2.01. The highest BCUT2D eigenvalue weighted by molar-refractivity contribution is 5.73. The largest absolute Gasteiger partial charge is 0.481 e. The highest BCUT2D eigenvalue weighted by atomic mass is 16.4. The van der Waals surface area contributed by atoms with E-state index in [1.165, 1.54) is 11.1 Å². The van der Waals surface area contributed by atoms with Crippen LogP contribution in [0.3, 0.4) is 0 Å². The van der Waals surface area contributed by atoms with Gasteiger partial charge in [-0.1, -0.05) is 6.07 Å². The Morgan fingerprint density at radius 2 is 2.06 bits per heavy atom. The van der Waals surface area contributed by atoms with Crippen LogP contribution >= 0.6 is 0 Å². The molecule has 3 nitrogen and oxygen atoms in total. The molecule has 2 rings (SSSR count). The van der Waals surface area contributed by atoms with E-state index in [9.17, 15) is 4.79 Å². The number of nitrogens with one attached hydrogen (secondary N) is 1. The summed E-state index contributed by atoms with van der Waals surface area (Å²) in [5, 5.41) is 12.2. The zero-order valence-electron chi connectivity index (χ0n) is 9.66. The van der Waals surface area contributed by atoms with E-state index in [0.29, 0.717) is 0 Å². The van der Waals surface area contributed by atoms with Crippen molar-refractivity contribution in [2.45, 2.75) is 32.7 Å². The highest BCUT2D eigenvalue weighted by Crippen LogP contribution is 2.31. The molecule has 1 aromatic rings. The number of carboxylic acids is 1. The first-order valence-corrected chi connectivity index (χ1v) is 5.64. The molecule has 1 aromatic carbocycles. The van der Waals surface area contributed by atoms with E-state index in [4.69, 9.17) is 5.11 Å². The number of aliphatic carboxylic acids is 1. The molecule has 0 amide bonds. The Kier molecular flexibility index (Phi) is 2.86. The summed E-state index contributed by atoms with van der Waals surface area (Å²) in [4.78, 5) is 10.9. The second-order valence-electron chi connectivity index (χ2n) is 4.57. The van der Waals surface area contributed by atoms with Gasteiger partial charge in [0.1, 0.15) is 0 Å². The molecule has 0 spiro atoms. The van der Waals surface area contributed by atoms with E-state index in [0.717, 1.165) is 18.5 Å². The second kappa shape index (κ2) is 4.16. The Labute approximate surface area is 95.5 Å². The summed E-state index contributed by atoms with van der Waals surface area (Å²) < 4.78 is 0. The standard InChI is InChI=1S/C13H17NO2/c1-8-3-4-10(7-9(8)2)14-12-6-5-11(12)13(15)16/h3-4,7,11-12,14H,5-6H2,1-2H3,(H,15,16). The van der Waals surface area contributed by atoms with Crippen LogP contribution in [0.2, 0.25) is 0 Å². The normalized spacial score (nSPS) is 23.6. The van der Waals surface area contributed by atoms with Crippen molar-refractivity contribution in [1.82, 2.24) is 0 Å². The molecule has 1 aliphatic rings. The Morgan fingerprint density at radius 1 is 1.31 bits per heavy atom. The molecule has 1 saturated carbocycles. The van der Waals surface area contributed by atoms with Crippen molar-refractivity contribution >= 4 is 11.7 Å². The summed E-state index contributed by atoms with van der Waals surface area (Å²) in [6, 6.07) is 6.25. The Bertz CT molecular complexity index is 414. The average Bonchev–Trinajstić information content (AvgIpc) is 2.17. The van der Waals surface area contributed by atoms with Crippen LogP contribution in [0, 0.1) is 19.8 Å². The molecule has 2 atom stereocenters. The van der Waals surface area contributed by atoms with E-state index < -0.39 is 5.97 Å². The van der Waals surface area contributed by atoms with Gasteiger partial charge in [0.15, 0.2) is 0 Å². The summed E-state index contributed by atoms with van der Waals surface area (Å²) in [7, 11) is 0. The Hall–Kier alpha value is -1.51. The van der Waals surface area contributed by atoms with Crippen molar-refractivity contribution in [2.75, 3.05) is 5.32 Å². The van der Waals surface area contributed by atoms with E-state index >= 15 is 0 Å². The SMILES string of the molecule is Cc1ccc(NC2CCC2C(=O)O)cc1C. The number of carboxylic acid groups (broad SMARTS) is 1. The number of hydrogen-bond acceptors (Lipinski definition) is 2. The van der Waals surface area contributed by atoms with E-state index in [1.54, 1.807) is 0 Å². The van der Waals surface area contributed by atoms with Gasteiger partial charge in [0.25, 0.3) is 0 Å². The van der Waals surface area contributed by atoms with Crippen LogP contribution in [0.5, 0.6) is 0 Å². The lowest BCUT2D eigenvalue weighted by atomic mass is 9.79. The lowest BCUT2D eigenvalue weighted by molar-refractivity contribution is -0.144. The van der Waals surface area contributed by atoms with Crippen LogP contribution in [-0.4, -0.2) is 17.1 Å². The summed E-state index contributed by atoms with van der Waals surface area (Å²) in [5.41, 5.74) is 3.52. The van der Waals surface area contributed by atoms with Crippen molar-refractivity contribution in [1.29, 1.82) is 0 Å². The van der Waals surface area contributed by atoms with Gasteiger partial charge in [0.05, 0.1) is 5.92 Å². The number of anilines is 1. The second-order valence-corrected chi connectivity index (χ2v) is 4.57. The van der Waals surface area contributed by atoms with Gasteiger partial charge in [-0.3, -0.25) is 4.79 Å². The summed E-state index contributed by atoms with van der Waals surface area (Å²) >= 11 is 0. The van der Waals surface area contributed by atoms with E-state index in [-0.39, 0.29) is 12.0 Å². The number of rotatable bonds is 3. The maximum atomic E-state index is 10.9. The maximum absolute atomic E-state index is 10.9. The lowest BCUT2D eigenvalue weighted by Gasteiger charge is -2.34. The van der Waals surface area contributed by atoms with Crippen molar-refractivity contribution in [3.8, 4) is 0 Å². The first-order chi connectivity index (χ1) is 7.58. The van der Waals surface area contributed by atoms with Crippen molar-refractivity contribution < 1.29 is 9.90 Å². The van der Waals surface area contributed by atoms with Gasteiger partial charge < -0.3 is 10.4 Å². The minimum Gasteiger partial charge on any atom is -0.481 e. The minimum absolute atomic E-state index is 0.0969. The fourth-order valence-corrected chi connectivity index (χ4v) is 2.01. The van der Waals surface area contributed by atoms with Crippen molar-refractivity contribution in [2.24, 2.45) is 5.92 Å². The van der Waals surface area contributed by atoms with Crippen LogP contribution in [0.15, 0.2) is 18.2 Å². The first kappa shape index (κ1) is 11.0. The summed E-state index contributed by atoms with van der Waals surface area (Å²) in [6.45, 7) is 4.14. The molecule has 0 aliphatic heterocycles. The van der Waals surface area contributed by atoms with Crippen LogP contribution in [-0.2, 0) is 4.79 Å². The zero-order chi connectivity index (χ0) is 11.7. The molecule has 16 heavy (non-hydrogen) atoms. The molecule has 3 heteroatoms. The Balaban J connectivity index is 2.04. The minimum atomic E-state index is -0.687. The van der Waals surface area contributed by atoms with Crippen molar-refractivity contribution in [3.63, 3.8) is 0 Å². The van der Waals surface area contributed by atoms with Gasteiger partial charge in [-0.15, -0.1) is 0 Å². The molecule has 1 fully saturated rings. The molecule has 0 radical (unpaired) electrons. The molecule has 0 saturated heterocycles. The highest BCUT2D eigenvalue weighted by Gasteiger charge is 2.36. The third-order valence-corrected chi connectivity index (χ3v) is 3.45. The van der Waals surface area contributed by atoms with Crippen LogP contribution in [0.1, 0.15) is 24.0 Å². The van der Waals surface area contributed by atoms with Crippen molar-refractivity contribution in [3.05, 3.63) is 29.3 Å². The third-order valence-electron chi connectivity index (χ3n) is 3.45. The molecular formula is C13H17NO2. The van der Waals surface area contributed by atoms with Gasteiger partial charge in [-0.05, 0) is 49.9 Å². The van der Waals surface area contributed by atoms with Gasteiger partial charge in [0, 0.05) is 11.7 Å². The lowest BCUT2D eigenvalue weighted by Crippen LogP contribution is -2.42. The molecule has 2 N–H and O–H groups in total. The first-order valence-electron chi connectivity index (χ1n) is 5.64. The van der Waals surface area contributed by atoms with Gasteiger partial charge in [-0.25, -0.2) is 0 Å². The molecule has 86 valence electrons. The molecule has 1 aliphatic carbocycles. The van der Waals surface area contributed by atoms with Gasteiger partial charge in [0.2, 0.25) is 0 Å². The number of aryl methyl sites for hydroxylation is 2. The predicted octanol–water partition coefficient (Wildman–Crippen LogP) is 2.58. The van der Waals surface area contributed by atoms with Crippen LogP contribution in [0.25, 0.3) is 0 Å². The molecule has 2 unspecified atom stereocenters. The smallest absolute Gasteiger partial charge is 0.308 e. The van der Waals surface area contributed by atoms with E-state index in [2.05, 4.69) is 31.3 Å². The quantitative estimate of drug-likeness (QED) is 0.821. The zero-order valence-corrected chi connectivity index (χ0v) is 9.66. The summed E-state index contributed by atoms with van der Waals surface area (Å²) in [6.07, 6.45) is 1.74. The maximum Gasteiger partial charge on any atom is 0.308 e. The molecular weight excluding hydrogens is 202 g/mol. The number of carbonyl (C=O) groups is 1. The predicted molar refractivity (Wildman–Crippen MR) is 63.7 cm³/mol. The third kappa shape index (κ3) is 2.03. The van der Waals surface area contributed by atoms with Gasteiger partial charge >= 0.3 is 5.97 Å². The fraction of sp³-hybridized carbons (Fsp3) is 0.462. The monoisotopic (exact) mass is 219 g/mol. The molecule has 0 heterocycles. The topological polar surface area (TPSA) is 49.3 Å². The van der Waals surface area contributed by atoms with E-state index in [1.807, 2.05) is 6.07 Å².